The third-order valence-corrected chi connectivity index (χ3v) is 8.16. The maximum Gasteiger partial charge on any atom is 0.410 e. The molecule has 4 rings (SSSR count). The number of benzene rings is 1. The van der Waals surface area contributed by atoms with Crippen molar-refractivity contribution in [1.29, 1.82) is 0 Å². The van der Waals surface area contributed by atoms with Gasteiger partial charge < -0.3 is 25.3 Å². The van der Waals surface area contributed by atoms with Gasteiger partial charge in [0.1, 0.15) is 11.2 Å². The number of carbonyl (C=O) groups excluding carboxylic acids is 3. The number of nitrogens with zero attached hydrogens (tertiary/aromatic N) is 3. The molecule has 0 radical (unpaired) electrons. The zero-order chi connectivity index (χ0) is 29.1. The molecule has 2 aromatic heterocycles. The fraction of sp³-hybridized carbons (Fsp3) is 0.407. The number of hydrogen-bond donors (Lipinski definition) is 3. The lowest BCUT2D eigenvalue weighted by atomic mass is 10.0. The molecule has 1 saturated heterocycles. The van der Waals surface area contributed by atoms with E-state index in [4.69, 9.17) is 4.74 Å². The Balaban J connectivity index is 1.76. The van der Waals surface area contributed by atoms with E-state index >= 15 is 0 Å². The molecule has 3 aromatic rings. The van der Waals surface area contributed by atoms with Crippen LogP contribution in [-0.4, -0.2) is 72.5 Å². The van der Waals surface area contributed by atoms with Crippen molar-refractivity contribution in [3.8, 4) is 0 Å². The Morgan fingerprint density at radius 2 is 1.80 bits per heavy atom. The highest BCUT2D eigenvalue weighted by Crippen LogP contribution is 2.40. The number of likely N-dealkylation sites (tertiary alicyclic amines) is 1. The number of aromatic nitrogens is 2. The maximum atomic E-state index is 14.3. The number of amides is 3. The van der Waals surface area contributed by atoms with Crippen molar-refractivity contribution in [3.63, 3.8) is 0 Å². The van der Waals surface area contributed by atoms with Crippen LogP contribution < -0.4 is 14.9 Å². The van der Waals surface area contributed by atoms with Gasteiger partial charge in [-0.25, -0.2) is 18.2 Å². The second kappa shape index (κ2) is 11.5. The van der Waals surface area contributed by atoms with Gasteiger partial charge in [0.25, 0.3) is 10.0 Å². The zero-order valence-corrected chi connectivity index (χ0v) is 23.7. The Morgan fingerprint density at radius 3 is 2.42 bits per heavy atom. The number of H-pyrrole nitrogens is 1. The van der Waals surface area contributed by atoms with Crippen LogP contribution in [0.2, 0.25) is 0 Å². The van der Waals surface area contributed by atoms with Crippen molar-refractivity contribution in [2.75, 3.05) is 29.3 Å². The molecule has 0 bridgehead atoms. The summed E-state index contributed by atoms with van der Waals surface area (Å²) in [5, 5.41) is 5.65. The van der Waals surface area contributed by atoms with E-state index in [1.807, 2.05) is 0 Å². The topological polar surface area (TPSA) is 154 Å². The minimum atomic E-state index is -4.14. The lowest BCUT2D eigenvalue weighted by Crippen LogP contribution is -2.50. The summed E-state index contributed by atoms with van der Waals surface area (Å²) in [6.45, 7) is 6.94. The number of ether oxygens (including phenoxy) is 1. The summed E-state index contributed by atoms with van der Waals surface area (Å²) in [5.41, 5.74) is 0.214. The van der Waals surface area contributed by atoms with Gasteiger partial charge in [-0.3, -0.25) is 13.9 Å². The van der Waals surface area contributed by atoms with Gasteiger partial charge in [-0.1, -0.05) is 18.2 Å². The molecule has 0 aliphatic carbocycles. The van der Waals surface area contributed by atoms with Gasteiger partial charge in [0.2, 0.25) is 11.8 Å². The first-order chi connectivity index (χ1) is 18.9. The summed E-state index contributed by atoms with van der Waals surface area (Å²) in [4.78, 5) is 45.7. The molecule has 12 nitrogen and oxygen atoms in total. The minimum absolute atomic E-state index is 0.0839. The normalized spacial score (nSPS) is 14.6. The Morgan fingerprint density at radius 1 is 1.12 bits per heavy atom. The van der Waals surface area contributed by atoms with Crippen LogP contribution in [0.25, 0.3) is 11.0 Å². The lowest BCUT2D eigenvalue weighted by Gasteiger charge is -2.40. The van der Waals surface area contributed by atoms with Gasteiger partial charge >= 0.3 is 6.09 Å². The fourth-order valence-electron chi connectivity index (χ4n) is 4.54. The summed E-state index contributed by atoms with van der Waals surface area (Å²) in [6, 6.07) is 9.20. The lowest BCUT2D eigenvalue weighted by molar-refractivity contribution is -0.122. The van der Waals surface area contributed by atoms with Crippen molar-refractivity contribution >= 4 is 50.3 Å². The first-order valence-corrected chi connectivity index (χ1v) is 14.4. The minimum Gasteiger partial charge on any atom is -0.444 e. The number of nitrogens with one attached hydrogen (secondary N) is 3. The molecule has 40 heavy (non-hydrogen) atoms. The van der Waals surface area contributed by atoms with E-state index in [9.17, 15) is 22.8 Å². The Bertz CT molecular complexity index is 1490. The average molecular weight is 571 g/mol. The number of fused-ring (bicyclic) bond motifs is 1. The number of pyridine rings is 1. The molecule has 3 amide bonds. The molecule has 3 N–H and O–H groups in total. The number of anilines is 2. The molecular formula is C27H34N6O6S. The first-order valence-electron chi connectivity index (χ1n) is 12.9. The standard InChI is InChI=1S/C27H34N6O6S/c1-18(34)29-17-23(35)31-22-16-30-25-21(10-13-28-25)24(22)33(40(37,38)20-8-6-5-7-9-20)19-11-14-32(15-12-19)26(36)39-27(2,3)4/h5-10,13,16,19H,11-12,14-15,17H2,1-4H3,(H,28,30)(H,29,34)(H,31,35). The van der Waals surface area contributed by atoms with E-state index in [2.05, 4.69) is 20.6 Å². The molecule has 13 heteroatoms. The third kappa shape index (κ3) is 6.53. The molecule has 0 saturated carbocycles. The molecule has 1 aliphatic heterocycles. The molecule has 0 atom stereocenters. The highest BCUT2D eigenvalue weighted by Gasteiger charge is 2.38. The smallest absolute Gasteiger partial charge is 0.410 e. The summed E-state index contributed by atoms with van der Waals surface area (Å²) < 4.78 is 35.4. The second-order valence-electron chi connectivity index (χ2n) is 10.5. The molecule has 1 aliphatic rings. The van der Waals surface area contributed by atoms with Crippen LogP contribution in [-0.2, 0) is 24.3 Å². The van der Waals surface area contributed by atoms with Crippen molar-refractivity contribution in [2.45, 2.75) is 57.1 Å². The van der Waals surface area contributed by atoms with Crippen LogP contribution in [0.3, 0.4) is 0 Å². The highest BCUT2D eigenvalue weighted by molar-refractivity contribution is 7.93. The Labute approximate surface area is 233 Å². The summed E-state index contributed by atoms with van der Waals surface area (Å²) in [5.74, 6) is -0.912. The van der Waals surface area contributed by atoms with E-state index in [0.29, 0.717) is 23.9 Å². The van der Waals surface area contributed by atoms with Crippen molar-refractivity contribution in [1.82, 2.24) is 20.2 Å². The number of piperidine rings is 1. The van der Waals surface area contributed by atoms with Gasteiger partial charge in [0.05, 0.1) is 29.0 Å². The predicted molar refractivity (Wildman–Crippen MR) is 150 cm³/mol. The molecule has 3 heterocycles. The zero-order valence-electron chi connectivity index (χ0n) is 22.9. The fourth-order valence-corrected chi connectivity index (χ4v) is 6.30. The van der Waals surface area contributed by atoms with Gasteiger partial charge in [-0.05, 0) is 51.8 Å². The van der Waals surface area contributed by atoms with Crippen molar-refractivity contribution < 1.29 is 27.5 Å². The van der Waals surface area contributed by atoms with Gasteiger partial charge in [0, 0.05) is 37.6 Å². The SMILES string of the molecule is CC(=O)NCC(=O)Nc1cnc2[nH]ccc2c1N(C1CCN(C(=O)OC(C)(C)C)CC1)S(=O)(=O)c1ccccc1. The number of aromatic amines is 1. The quantitative estimate of drug-likeness (QED) is 0.394. The van der Waals surface area contributed by atoms with E-state index in [1.54, 1.807) is 56.1 Å². The summed E-state index contributed by atoms with van der Waals surface area (Å²) in [7, 11) is -4.14. The third-order valence-electron chi connectivity index (χ3n) is 6.30. The van der Waals surface area contributed by atoms with Crippen LogP contribution in [0.1, 0.15) is 40.5 Å². The van der Waals surface area contributed by atoms with Crippen LogP contribution in [0.4, 0.5) is 16.2 Å². The summed E-state index contributed by atoms with van der Waals surface area (Å²) in [6.07, 6.45) is 3.25. The van der Waals surface area contributed by atoms with Gasteiger partial charge in [0.15, 0.2) is 0 Å². The molecule has 1 fully saturated rings. The van der Waals surface area contributed by atoms with Crippen molar-refractivity contribution in [2.24, 2.45) is 0 Å². The largest absolute Gasteiger partial charge is 0.444 e. The van der Waals surface area contributed by atoms with E-state index in [1.165, 1.54) is 29.6 Å². The van der Waals surface area contributed by atoms with Crippen molar-refractivity contribution in [3.05, 3.63) is 48.8 Å². The van der Waals surface area contributed by atoms with E-state index < -0.39 is 33.7 Å². The van der Waals surface area contributed by atoms with Crippen LogP contribution in [0.5, 0.6) is 0 Å². The number of rotatable bonds is 7. The monoisotopic (exact) mass is 570 g/mol. The number of carbonyl (C=O) groups is 3. The van der Waals surface area contributed by atoms with Gasteiger partial charge in [-0.15, -0.1) is 0 Å². The van der Waals surface area contributed by atoms with E-state index in [-0.39, 0.29) is 41.8 Å². The summed E-state index contributed by atoms with van der Waals surface area (Å²) >= 11 is 0. The molecule has 1 aromatic carbocycles. The van der Waals surface area contributed by atoms with E-state index in [0.717, 1.165) is 0 Å². The number of sulfonamides is 1. The molecular weight excluding hydrogens is 536 g/mol. The number of hydrogen-bond acceptors (Lipinski definition) is 7. The Hall–Kier alpha value is -4.13. The second-order valence-corrected chi connectivity index (χ2v) is 12.3. The van der Waals surface area contributed by atoms with Crippen LogP contribution in [0.15, 0.2) is 53.7 Å². The Kier molecular flexibility index (Phi) is 8.33. The molecule has 214 valence electrons. The van der Waals surface area contributed by atoms with Crippen LogP contribution >= 0.6 is 0 Å². The van der Waals surface area contributed by atoms with Crippen LogP contribution in [0, 0.1) is 0 Å². The maximum absolute atomic E-state index is 14.3. The first kappa shape index (κ1) is 28.9. The molecule has 0 spiro atoms. The highest BCUT2D eigenvalue weighted by atomic mass is 32.2. The predicted octanol–water partition coefficient (Wildman–Crippen LogP) is 3.23. The average Bonchev–Trinajstić information content (AvgIpc) is 3.38. The van der Waals surface area contributed by atoms with Gasteiger partial charge in [-0.2, -0.15) is 0 Å². The molecule has 0 unspecified atom stereocenters.